The summed E-state index contributed by atoms with van der Waals surface area (Å²) in [6, 6.07) is 3.36. The maximum Gasteiger partial charge on any atom is 0.310 e. The van der Waals surface area contributed by atoms with Crippen LogP contribution < -0.4 is 4.74 Å². The van der Waals surface area contributed by atoms with Gasteiger partial charge in [-0.2, -0.15) is 0 Å². The van der Waals surface area contributed by atoms with E-state index in [-0.39, 0.29) is 17.4 Å². The summed E-state index contributed by atoms with van der Waals surface area (Å²) < 4.78 is 75.1. The van der Waals surface area contributed by atoms with Gasteiger partial charge in [0, 0.05) is 19.1 Å². The number of hydrogen-bond donors (Lipinski definition) is 0. The molecule has 2 atom stereocenters. The van der Waals surface area contributed by atoms with E-state index in [0.717, 1.165) is 19.2 Å². The topological polar surface area (TPSA) is 18.5 Å². The first-order chi connectivity index (χ1) is 10.2. The second-order valence-corrected chi connectivity index (χ2v) is 5.01. The van der Waals surface area contributed by atoms with Crippen molar-refractivity contribution in [3.05, 3.63) is 29.6 Å². The van der Waals surface area contributed by atoms with Gasteiger partial charge < -0.3 is 9.47 Å². The summed E-state index contributed by atoms with van der Waals surface area (Å²) in [5.74, 6) is -4.78. The fourth-order valence-corrected chi connectivity index (χ4v) is 1.83. The second-order valence-electron chi connectivity index (χ2n) is 5.01. The molecule has 0 fully saturated rings. The molecule has 0 radical (unpaired) electrons. The summed E-state index contributed by atoms with van der Waals surface area (Å²) in [5, 5.41) is 0. The number of rotatable bonds is 8. The minimum Gasteiger partial charge on any atom is -0.490 e. The molecule has 1 aromatic rings. The molecule has 0 heterocycles. The van der Waals surface area contributed by atoms with Gasteiger partial charge in [0.2, 0.25) is 0 Å². The Morgan fingerprint density at radius 1 is 1.23 bits per heavy atom. The Kier molecular flexibility index (Phi) is 6.59. The number of benzene rings is 1. The van der Waals surface area contributed by atoms with Crippen molar-refractivity contribution in [2.75, 3.05) is 7.11 Å². The zero-order valence-electron chi connectivity index (χ0n) is 12.6. The number of halogens is 5. The Bertz CT molecular complexity index is 479. The molecule has 0 aliphatic carbocycles. The molecule has 0 bridgehead atoms. The summed E-state index contributed by atoms with van der Waals surface area (Å²) >= 11 is 0. The molecule has 0 saturated heterocycles. The Morgan fingerprint density at radius 3 is 2.36 bits per heavy atom. The van der Waals surface area contributed by atoms with E-state index in [1.165, 1.54) is 6.07 Å². The minimum atomic E-state index is -4.24. The summed E-state index contributed by atoms with van der Waals surface area (Å²) in [4.78, 5) is 0. The van der Waals surface area contributed by atoms with Gasteiger partial charge in [-0.1, -0.05) is 6.92 Å². The van der Waals surface area contributed by atoms with E-state index in [2.05, 4.69) is 0 Å². The van der Waals surface area contributed by atoms with Crippen LogP contribution in [0.15, 0.2) is 18.2 Å². The summed E-state index contributed by atoms with van der Waals surface area (Å²) in [5.41, 5.74) is -0.0110. The van der Waals surface area contributed by atoms with E-state index in [4.69, 9.17) is 9.47 Å². The largest absolute Gasteiger partial charge is 0.490 e. The molecule has 0 saturated carbocycles. The third-order valence-electron chi connectivity index (χ3n) is 3.28. The molecule has 126 valence electrons. The van der Waals surface area contributed by atoms with Crippen molar-refractivity contribution in [3.63, 3.8) is 0 Å². The molecule has 7 heteroatoms. The zero-order valence-corrected chi connectivity index (χ0v) is 12.6. The van der Waals surface area contributed by atoms with Gasteiger partial charge in [0.25, 0.3) is 0 Å². The SMILES string of the molecule is CCC(C)Oc1ccc(F)cc1C(CC(F)(F)C(F)F)OC. The maximum absolute atomic E-state index is 13.4. The Morgan fingerprint density at radius 2 is 1.86 bits per heavy atom. The van der Waals surface area contributed by atoms with Crippen molar-refractivity contribution in [2.24, 2.45) is 0 Å². The maximum atomic E-state index is 13.4. The first-order valence-electron chi connectivity index (χ1n) is 6.86. The summed E-state index contributed by atoms with van der Waals surface area (Å²) in [7, 11) is 1.10. The molecule has 0 spiro atoms. The van der Waals surface area contributed by atoms with Crippen LogP contribution in [0.25, 0.3) is 0 Å². The standard InChI is InChI=1S/C15H19F5O2/c1-4-9(2)22-12-6-5-10(16)7-11(12)13(21-3)8-15(19,20)14(17)18/h5-7,9,13-14H,4,8H2,1-3H3. The van der Waals surface area contributed by atoms with Gasteiger partial charge >= 0.3 is 12.3 Å². The highest BCUT2D eigenvalue weighted by Gasteiger charge is 2.43. The van der Waals surface area contributed by atoms with Crippen LogP contribution in [0.1, 0.15) is 38.4 Å². The van der Waals surface area contributed by atoms with E-state index >= 15 is 0 Å². The van der Waals surface area contributed by atoms with Crippen molar-refractivity contribution in [2.45, 2.75) is 51.2 Å². The van der Waals surface area contributed by atoms with Crippen molar-refractivity contribution in [3.8, 4) is 5.75 Å². The fraction of sp³-hybridized carbons (Fsp3) is 0.600. The Balaban J connectivity index is 3.11. The lowest BCUT2D eigenvalue weighted by Crippen LogP contribution is -2.29. The van der Waals surface area contributed by atoms with E-state index in [0.29, 0.717) is 6.42 Å². The highest BCUT2D eigenvalue weighted by Crippen LogP contribution is 2.38. The van der Waals surface area contributed by atoms with Crippen LogP contribution in [-0.2, 0) is 4.74 Å². The third-order valence-corrected chi connectivity index (χ3v) is 3.28. The van der Waals surface area contributed by atoms with Crippen molar-refractivity contribution >= 4 is 0 Å². The van der Waals surface area contributed by atoms with Gasteiger partial charge in [-0.25, -0.2) is 22.0 Å². The Labute approximate surface area is 126 Å². The zero-order chi connectivity index (χ0) is 16.9. The lowest BCUT2D eigenvalue weighted by molar-refractivity contribution is -0.152. The molecule has 1 aromatic carbocycles. The molecule has 0 amide bonds. The average molecular weight is 326 g/mol. The van der Waals surface area contributed by atoms with Crippen LogP contribution in [0, 0.1) is 5.82 Å². The van der Waals surface area contributed by atoms with Crippen LogP contribution in [0.3, 0.4) is 0 Å². The van der Waals surface area contributed by atoms with Crippen LogP contribution in [0.2, 0.25) is 0 Å². The van der Waals surface area contributed by atoms with Crippen LogP contribution in [0.4, 0.5) is 22.0 Å². The van der Waals surface area contributed by atoms with Gasteiger partial charge in [-0.05, 0) is 31.5 Å². The van der Waals surface area contributed by atoms with Crippen molar-refractivity contribution < 1.29 is 31.4 Å². The van der Waals surface area contributed by atoms with Crippen LogP contribution in [0.5, 0.6) is 5.75 Å². The molecule has 22 heavy (non-hydrogen) atoms. The average Bonchev–Trinajstić information content (AvgIpc) is 2.46. The monoisotopic (exact) mass is 326 g/mol. The lowest BCUT2D eigenvalue weighted by Gasteiger charge is -2.25. The van der Waals surface area contributed by atoms with E-state index in [9.17, 15) is 22.0 Å². The summed E-state index contributed by atoms with van der Waals surface area (Å²) in [6.45, 7) is 3.61. The van der Waals surface area contributed by atoms with Gasteiger partial charge in [-0.3, -0.25) is 0 Å². The molecule has 0 aromatic heterocycles. The first-order valence-corrected chi connectivity index (χ1v) is 6.86. The van der Waals surface area contributed by atoms with Gasteiger partial charge in [0.05, 0.1) is 12.2 Å². The minimum absolute atomic E-state index is 0.0110. The fourth-order valence-electron chi connectivity index (χ4n) is 1.83. The number of hydrogen-bond acceptors (Lipinski definition) is 2. The van der Waals surface area contributed by atoms with E-state index < -0.39 is 30.7 Å². The molecule has 2 unspecified atom stereocenters. The number of ether oxygens (including phenoxy) is 2. The molecular weight excluding hydrogens is 307 g/mol. The number of methoxy groups -OCH3 is 1. The Hall–Kier alpha value is -1.37. The second kappa shape index (κ2) is 7.76. The lowest BCUT2D eigenvalue weighted by atomic mass is 10.0. The molecule has 0 N–H and O–H groups in total. The highest BCUT2D eigenvalue weighted by atomic mass is 19.3. The smallest absolute Gasteiger partial charge is 0.310 e. The third kappa shape index (κ3) is 4.83. The first kappa shape index (κ1) is 18.7. The van der Waals surface area contributed by atoms with Crippen molar-refractivity contribution in [1.82, 2.24) is 0 Å². The van der Waals surface area contributed by atoms with Gasteiger partial charge in [0.15, 0.2) is 0 Å². The molecule has 1 rings (SSSR count). The molecule has 0 aliphatic heterocycles. The van der Waals surface area contributed by atoms with E-state index in [1.807, 2.05) is 6.92 Å². The normalized spacial score (nSPS) is 15.0. The molecular formula is C15H19F5O2. The van der Waals surface area contributed by atoms with Gasteiger partial charge in [0.1, 0.15) is 11.6 Å². The quantitative estimate of drug-likeness (QED) is 0.627. The van der Waals surface area contributed by atoms with Crippen LogP contribution >= 0.6 is 0 Å². The molecule has 0 aliphatic rings. The van der Waals surface area contributed by atoms with E-state index in [1.54, 1.807) is 6.92 Å². The summed E-state index contributed by atoms with van der Waals surface area (Å²) in [6.07, 6.45) is -6.09. The van der Waals surface area contributed by atoms with Crippen LogP contribution in [-0.4, -0.2) is 25.6 Å². The number of alkyl halides is 4. The predicted octanol–water partition coefficient (Wildman–Crippen LogP) is 4.98. The van der Waals surface area contributed by atoms with Crippen molar-refractivity contribution in [1.29, 1.82) is 0 Å². The predicted molar refractivity (Wildman–Crippen MR) is 72.1 cm³/mol. The van der Waals surface area contributed by atoms with Gasteiger partial charge in [-0.15, -0.1) is 0 Å². The molecule has 2 nitrogen and oxygen atoms in total. The highest BCUT2D eigenvalue weighted by molar-refractivity contribution is 5.36.